The summed E-state index contributed by atoms with van der Waals surface area (Å²) in [5.41, 5.74) is 2.30. The number of nitrogens with one attached hydrogen (secondary N) is 1. The van der Waals surface area contributed by atoms with E-state index < -0.39 is 15.9 Å². The second-order valence-electron chi connectivity index (χ2n) is 8.07. The first kappa shape index (κ1) is 25.4. The van der Waals surface area contributed by atoms with Crippen LogP contribution in [0.1, 0.15) is 21.5 Å². The minimum absolute atomic E-state index is 0.0385. The van der Waals surface area contributed by atoms with Crippen LogP contribution in [-0.4, -0.2) is 25.7 Å². The first-order chi connectivity index (χ1) is 17.4. The Bertz CT molecular complexity index is 1400. The summed E-state index contributed by atoms with van der Waals surface area (Å²) in [7, 11) is -2.49. The van der Waals surface area contributed by atoms with Crippen molar-refractivity contribution >= 4 is 33.2 Å². The topological polar surface area (TPSA) is 75.7 Å². The van der Waals surface area contributed by atoms with Crippen LogP contribution >= 0.6 is 11.6 Å². The fraction of sp³-hybridized carbons (Fsp3) is 0.107. The van der Waals surface area contributed by atoms with Gasteiger partial charge in [0.15, 0.2) is 0 Å². The number of halogens is 1. The highest BCUT2D eigenvalue weighted by atomic mass is 35.5. The van der Waals surface area contributed by atoms with Crippen LogP contribution in [0, 0.1) is 0 Å². The van der Waals surface area contributed by atoms with E-state index in [1.54, 1.807) is 18.2 Å². The van der Waals surface area contributed by atoms with Crippen molar-refractivity contribution in [1.82, 2.24) is 4.31 Å². The molecule has 36 heavy (non-hydrogen) atoms. The zero-order valence-corrected chi connectivity index (χ0v) is 21.2. The molecule has 0 unspecified atom stereocenters. The lowest BCUT2D eigenvalue weighted by molar-refractivity contribution is 0.102. The highest BCUT2D eigenvalue weighted by Gasteiger charge is 2.26. The van der Waals surface area contributed by atoms with Gasteiger partial charge in [-0.2, -0.15) is 4.31 Å². The molecule has 0 saturated heterocycles. The molecule has 0 aliphatic carbocycles. The first-order valence-electron chi connectivity index (χ1n) is 11.2. The molecule has 0 heterocycles. The Balaban J connectivity index is 1.69. The van der Waals surface area contributed by atoms with E-state index in [1.807, 2.05) is 60.7 Å². The molecule has 6 nitrogen and oxygen atoms in total. The molecule has 8 heteroatoms. The van der Waals surface area contributed by atoms with E-state index in [4.69, 9.17) is 16.3 Å². The number of methoxy groups -OCH3 is 1. The van der Waals surface area contributed by atoms with Gasteiger partial charge in [0.2, 0.25) is 10.0 Å². The number of carbonyl (C=O) groups is 1. The number of sulfonamides is 1. The monoisotopic (exact) mass is 520 g/mol. The molecule has 1 amide bonds. The summed E-state index contributed by atoms with van der Waals surface area (Å²) < 4.78 is 34.5. The lowest BCUT2D eigenvalue weighted by Crippen LogP contribution is -2.30. The van der Waals surface area contributed by atoms with E-state index in [9.17, 15) is 13.2 Å². The van der Waals surface area contributed by atoms with E-state index in [2.05, 4.69) is 5.32 Å². The Morgan fingerprint density at radius 2 is 1.44 bits per heavy atom. The Hall–Kier alpha value is -3.65. The number of carbonyl (C=O) groups excluding carboxylic acids is 1. The van der Waals surface area contributed by atoms with E-state index >= 15 is 0 Å². The van der Waals surface area contributed by atoms with Gasteiger partial charge in [-0.25, -0.2) is 8.42 Å². The number of benzene rings is 4. The van der Waals surface area contributed by atoms with Crippen molar-refractivity contribution in [3.05, 3.63) is 125 Å². The normalized spacial score (nSPS) is 11.3. The lowest BCUT2D eigenvalue weighted by Gasteiger charge is -2.23. The van der Waals surface area contributed by atoms with E-state index in [1.165, 1.54) is 35.7 Å². The largest absolute Gasteiger partial charge is 0.495 e. The molecule has 0 radical (unpaired) electrons. The van der Waals surface area contributed by atoms with Crippen LogP contribution in [0.4, 0.5) is 5.69 Å². The average molecular weight is 521 g/mol. The summed E-state index contributed by atoms with van der Waals surface area (Å²) >= 11 is 6.01. The third-order valence-electron chi connectivity index (χ3n) is 5.55. The molecule has 0 aromatic heterocycles. The van der Waals surface area contributed by atoms with Crippen molar-refractivity contribution in [2.45, 2.75) is 18.0 Å². The van der Waals surface area contributed by atoms with Gasteiger partial charge in [0.25, 0.3) is 5.91 Å². The van der Waals surface area contributed by atoms with Crippen molar-refractivity contribution in [1.29, 1.82) is 0 Å². The van der Waals surface area contributed by atoms with Crippen LogP contribution in [0.5, 0.6) is 5.75 Å². The quantitative estimate of drug-likeness (QED) is 0.294. The number of ether oxygens (including phenoxy) is 1. The molecule has 4 aromatic rings. The van der Waals surface area contributed by atoms with E-state index in [0.29, 0.717) is 16.3 Å². The molecule has 0 bridgehead atoms. The Labute approximate surface area is 216 Å². The minimum atomic E-state index is -3.95. The predicted octanol–water partition coefficient (Wildman–Crippen LogP) is 5.99. The molecule has 184 valence electrons. The maximum atomic E-state index is 13.8. The van der Waals surface area contributed by atoms with Crippen molar-refractivity contribution in [2.24, 2.45) is 0 Å². The summed E-state index contributed by atoms with van der Waals surface area (Å²) in [5.74, 6) is -0.0993. The van der Waals surface area contributed by atoms with Gasteiger partial charge in [0.1, 0.15) is 5.75 Å². The number of rotatable bonds is 9. The Kier molecular flexibility index (Phi) is 8.05. The summed E-state index contributed by atoms with van der Waals surface area (Å²) in [6.45, 7) is 0.378. The molecular formula is C28H25ClN2O4S. The molecule has 4 aromatic carbocycles. The van der Waals surface area contributed by atoms with Gasteiger partial charge in [-0.3, -0.25) is 4.79 Å². The van der Waals surface area contributed by atoms with Gasteiger partial charge in [-0.1, -0.05) is 78.3 Å². The van der Waals surface area contributed by atoms with Gasteiger partial charge in [-0.05, 0) is 47.5 Å². The lowest BCUT2D eigenvalue weighted by atomic mass is 10.2. The first-order valence-corrected chi connectivity index (χ1v) is 13.0. The highest BCUT2D eigenvalue weighted by Crippen LogP contribution is 2.31. The fourth-order valence-electron chi connectivity index (χ4n) is 3.72. The third-order valence-corrected chi connectivity index (χ3v) is 7.57. The van der Waals surface area contributed by atoms with Crippen molar-refractivity contribution in [2.75, 3.05) is 12.4 Å². The van der Waals surface area contributed by atoms with Gasteiger partial charge < -0.3 is 10.1 Å². The number of amides is 1. The molecule has 0 aliphatic rings. The fourth-order valence-corrected chi connectivity index (χ4v) is 5.35. The number of hydrogen-bond acceptors (Lipinski definition) is 4. The van der Waals surface area contributed by atoms with Gasteiger partial charge in [-0.15, -0.1) is 0 Å². The summed E-state index contributed by atoms with van der Waals surface area (Å²) in [6.07, 6.45) is 0. The molecule has 0 aliphatic heterocycles. The zero-order chi connectivity index (χ0) is 25.5. The van der Waals surface area contributed by atoms with Gasteiger partial charge in [0, 0.05) is 23.7 Å². The summed E-state index contributed by atoms with van der Waals surface area (Å²) in [5, 5.41) is 3.17. The Morgan fingerprint density at radius 3 is 2.00 bits per heavy atom. The number of anilines is 1. The maximum Gasteiger partial charge on any atom is 0.255 e. The average Bonchev–Trinajstić information content (AvgIpc) is 2.89. The molecular weight excluding hydrogens is 496 g/mol. The zero-order valence-electron chi connectivity index (χ0n) is 19.6. The molecule has 4 rings (SSSR count). The Morgan fingerprint density at radius 1 is 0.833 bits per heavy atom. The van der Waals surface area contributed by atoms with Gasteiger partial charge >= 0.3 is 0 Å². The third kappa shape index (κ3) is 6.12. The van der Waals surface area contributed by atoms with Crippen LogP contribution < -0.4 is 10.1 Å². The molecule has 0 spiro atoms. The second kappa shape index (κ2) is 11.4. The standard InChI is InChI=1S/C28H25ClN2O4S/c1-35-27-16-15-25(18-26(27)30-28(32)23-13-8-14-24(29)17-23)36(33,34)31(19-21-9-4-2-5-10-21)20-22-11-6-3-7-12-22/h2-18H,19-20H2,1H3,(H,30,32). The molecule has 1 N–H and O–H groups in total. The predicted molar refractivity (Wildman–Crippen MR) is 142 cm³/mol. The smallest absolute Gasteiger partial charge is 0.255 e. The minimum Gasteiger partial charge on any atom is -0.495 e. The SMILES string of the molecule is COc1ccc(S(=O)(=O)N(Cc2ccccc2)Cc2ccccc2)cc1NC(=O)c1cccc(Cl)c1. The highest BCUT2D eigenvalue weighted by molar-refractivity contribution is 7.89. The summed E-state index contributed by atoms with van der Waals surface area (Å²) in [6, 6.07) is 29.7. The van der Waals surface area contributed by atoms with E-state index in [0.717, 1.165) is 11.1 Å². The van der Waals surface area contributed by atoms with Crippen LogP contribution in [0.15, 0.2) is 108 Å². The van der Waals surface area contributed by atoms with Crippen LogP contribution in [0.3, 0.4) is 0 Å². The summed E-state index contributed by atoms with van der Waals surface area (Å²) in [4.78, 5) is 12.9. The molecule has 0 saturated carbocycles. The maximum absolute atomic E-state index is 13.8. The van der Waals surface area contributed by atoms with Crippen LogP contribution in [0.25, 0.3) is 0 Å². The van der Waals surface area contributed by atoms with Crippen LogP contribution in [-0.2, 0) is 23.1 Å². The van der Waals surface area contributed by atoms with Crippen molar-refractivity contribution in [3.8, 4) is 5.75 Å². The van der Waals surface area contributed by atoms with Crippen molar-refractivity contribution < 1.29 is 17.9 Å². The number of hydrogen-bond donors (Lipinski definition) is 1. The van der Waals surface area contributed by atoms with Crippen molar-refractivity contribution in [3.63, 3.8) is 0 Å². The molecule has 0 fully saturated rings. The van der Waals surface area contributed by atoms with Crippen LogP contribution in [0.2, 0.25) is 5.02 Å². The second-order valence-corrected chi connectivity index (χ2v) is 10.4. The molecule has 0 atom stereocenters. The van der Waals surface area contributed by atoms with E-state index in [-0.39, 0.29) is 23.7 Å². The van der Waals surface area contributed by atoms with Gasteiger partial charge in [0.05, 0.1) is 17.7 Å². The number of nitrogens with zero attached hydrogens (tertiary/aromatic N) is 1.